The highest BCUT2D eigenvalue weighted by Gasteiger charge is 2.26. The first-order chi connectivity index (χ1) is 17.0. The Kier molecular flexibility index (Phi) is 8.18. The molecule has 35 heavy (non-hydrogen) atoms. The van der Waals surface area contributed by atoms with Crippen molar-refractivity contribution in [3.05, 3.63) is 60.0 Å². The molecule has 0 aliphatic heterocycles. The van der Waals surface area contributed by atoms with Crippen LogP contribution in [0.15, 0.2) is 48.5 Å². The predicted molar refractivity (Wildman–Crippen MR) is 133 cm³/mol. The minimum Gasteiger partial charge on any atom is -0.497 e. The lowest BCUT2D eigenvalue weighted by Gasteiger charge is -2.28. The van der Waals surface area contributed by atoms with Crippen LogP contribution in [0.5, 0.6) is 5.75 Å². The second kappa shape index (κ2) is 11.5. The van der Waals surface area contributed by atoms with Crippen LogP contribution in [-0.2, 0) is 22.5 Å². The van der Waals surface area contributed by atoms with Crippen LogP contribution in [0.3, 0.4) is 0 Å². The summed E-state index contributed by atoms with van der Waals surface area (Å²) in [6, 6.07) is 15.0. The van der Waals surface area contributed by atoms with Crippen LogP contribution in [0.1, 0.15) is 38.3 Å². The SMILES string of the molecule is CCc1c(-c2ccccc2)c(-c2ccc(OC)cc2F)nn1CC1CCC(COCC(=O)O)CC1. The van der Waals surface area contributed by atoms with Gasteiger partial charge in [0, 0.05) is 29.4 Å². The minimum absolute atomic E-state index is 0.236. The number of methoxy groups -OCH3 is 1. The highest BCUT2D eigenvalue weighted by atomic mass is 19.1. The van der Waals surface area contributed by atoms with Crippen LogP contribution in [0.4, 0.5) is 4.39 Å². The van der Waals surface area contributed by atoms with Gasteiger partial charge >= 0.3 is 5.97 Å². The Bertz CT molecular complexity index is 1140. The van der Waals surface area contributed by atoms with E-state index < -0.39 is 5.97 Å². The summed E-state index contributed by atoms with van der Waals surface area (Å²) in [5.74, 6) is 0.0658. The standard InChI is InChI=1S/C28H33FN2O4/c1-3-25-27(21-7-5-4-6-8-21)28(23-14-13-22(34-2)15-24(23)29)30-31(25)16-19-9-11-20(12-10-19)17-35-18-26(32)33/h4-8,13-15,19-20H,3,9-12,16-18H2,1-2H3,(H,32,33). The van der Waals surface area contributed by atoms with Gasteiger partial charge in [0.2, 0.25) is 0 Å². The van der Waals surface area contributed by atoms with Crippen LogP contribution >= 0.6 is 0 Å². The summed E-state index contributed by atoms with van der Waals surface area (Å²) < 4.78 is 27.7. The highest BCUT2D eigenvalue weighted by molar-refractivity contribution is 5.83. The van der Waals surface area contributed by atoms with E-state index in [2.05, 4.69) is 11.6 Å². The molecule has 1 fully saturated rings. The largest absolute Gasteiger partial charge is 0.497 e. The summed E-state index contributed by atoms with van der Waals surface area (Å²) in [5.41, 5.74) is 4.24. The van der Waals surface area contributed by atoms with Crippen molar-refractivity contribution in [2.24, 2.45) is 11.8 Å². The molecule has 1 saturated carbocycles. The number of carbonyl (C=O) groups is 1. The van der Waals surface area contributed by atoms with Crippen LogP contribution in [0, 0.1) is 17.7 Å². The Morgan fingerprint density at radius 1 is 1.11 bits per heavy atom. The third kappa shape index (κ3) is 5.90. The summed E-state index contributed by atoms with van der Waals surface area (Å²) in [6.45, 7) is 3.16. The average molecular weight is 481 g/mol. The number of rotatable bonds is 10. The number of hydrogen-bond acceptors (Lipinski definition) is 4. The Morgan fingerprint density at radius 2 is 1.83 bits per heavy atom. The van der Waals surface area contributed by atoms with Gasteiger partial charge in [-0.3, -0.25) is 4.68 Å². The average Bonchev–Trinajstić information content (AvgIpc) is 3.23. The molecule has 0 bridgehead atoms. The Hall–Kier alpha value is -3.19. The fourth-order valence-electron chi connectivity index (χ4n) is 5.06. The van der Waals surface area contributed by atoms with Crippen molar-refractivity contribution < 1.29 is 23.8 Å². The first-order valence-electron chi connectivity index (χ1n) is 12.3. The molecule has 1 aliphatic carbocycles. The van der Waals surface area contributed by atoms with E-state index in [1.807, 2.05) is 30.3 Å². The molecule has 1 aromatic heterocycles. The smallest absolute Gasteiger partial charge is 0.329 e. The van der Waals surface area contributed by atoms with E-state index >= 15 is 4.39 Å². The number of nitrogens with zero attached hydrogens (tertiary/aromatic N) is 2. The van der Waals surface area contributed by atoms with Gasteiger partial charge < -0.3 is 14.6 Å². The number of benzene rings is 2. The van der Waals surface area contributed by atoms with E-state index in [4.69, 9.17) is 19.7 Å². The number of aromatic nitrogens is 2. The number of ether oxygens (including phenoxy) is 2. The maximum absolute atomic E-state index is 15.1. The molecular formula is C28H33FN2O4. The van der Waals surface area contributed by atoms with Gasteiger partial charge in [-0.2, -0.15) is 5.10 Å². The van der Waals surface area contributed by atoms with E-state index in [0.717, 1.165) is 55.5 Å². The number of carboxylic acid groups (broad SMARTS) is 1. The molecule has 0 atom stereocenters. The van der Waals surface area contributed by atoms with E-state index in [1.54, 1.807) is 12.1 Å². The van der Waals surface area contributed by atoms with Crippen molar-refractivity contribution in [1.82, 2.24) is 9.78 Å². The Balaban J connectivity index is 1.60. The molecule has 1 heterocycles. The van der Waals surface area contributed by atoms with Gasteiger partial charge in [0.15, 0.2) is 0 Å². The Morgan fingerprint density at radius 3 is 2.46 bits per heavy atom. The van der Waals surface area contributed by atoms with Crippen LogP contribution < -0.4 is 4.74 Å². The lowest BCUT2D eigenvalue weighted by molar-refractivity contribution is -0.142. The summed E-state index contributed by atoms with van der Waals surface area (Å²) >= 11 is 0. The minimum atomic E-state index is -0.928. The van der Waals surface area contributed by atoms with E-state index in [9.17, 15) is 4.79 Å². The lowest BCUT2D eigenvalue weighted by atomic mass is 9.82. The zero-order valence-electron chi connectivity index (χ0n) is 20.4. The first kappa shape index (κ1) is 24.9. The molecule has 0 amide bonds. The summed E-state index contributed by atoms with van der Waals surface area (Å²) in [7, 11) is 1.53. The number of aliphatic carboxylic acids is 1. The topological polar surface area (TPSA) is 73.6 Å². The molecule has 1 N–H and O–H groups in total. The van der Waals surface area contributed by atoms with Gasteiger partial charge in [0.25, 0.3) is 0 Å². The molecular weight excluding hydrogens is 447 g/mol. The second-order valence-electron chi connectivity index (χ2n) is 9.21. The number of halogens is 1. The molecule has 1 aliphatic rings. The predicted octanol–water partition coefficient (Wildman–Crippen LogP) is 5.83. The van der Waals surface area contributed by atoms with Gasteiger partial charge in [0.1, 0.15) is 23.9 Å². The normalized spacial score (nSPS) is 17.9. The van der Waals surface area contributed by atoms with E-state index in [1.165, 1.54) is 13.2 Å². The molecule has 4 rings (SSSR count). The monoisotopic (exact) mass is 480 g/mol. The zero-order chi connectivity index (χ0) is 24.8. The molecule has 0 radical (unpaired) electrons. The maximum atomic E-state index is 15.1. The van der Waals surface area contributed by atoms with E-state index in [0.29, 0.717) is 35.4 Å². The van der Waals surface area contributed by atoms with Crippen molar-refractivity contribution >= 4 is 5.97 Å². The Labute approximate surface area is 205 Å². The van der Waals surface area contributed by atoms with Crippen molar-refractivity contribution in [2.75, 3.05) is 20.3 Å². The van der Waals surface area contributed by atoms with E-state index in [-0.39, 0.29) is 12.4 Å². The van der Waals surface area contributed by atoms with Gasteiger partial charge in [-0.05, 0) is 61.6 Å². The molecule has 2 aromatic carbocycles. The maximum Gasteiger partial charge on any atom is 0.329 e. The molecule has 186 valence electrons. The molecule has 3 aromatic rings. The van der Waals surface area contributed by atoms with Gasteiger partial charge in [-0.15, -0.1) is 0 Å². The second-order valence-corrected chi connectivity index (χ2v) is 9.21. The van der Waals surface area contributed by atoms with Crippen LogP contribution in [0.25, 0.3) is 22.4 Å². The molecule has 0 saturated heterocycles. The highest BCUT2D eigenvalue weighted by Crippen LogP contribution is 2.38. The van der Waals surface area contributed by atoms with Crippen molar-refractivity contribution in [1.29, 1.82) is 0 Å². The number of carboxylic acids is 1. The third-order valence-electron chi connectivity index (χ3n) is 6.86. The quantitative estimate of drug-likeness (QED) is 0.395. The molecule has 6 nitrogen and oxygen atoms in total. The fraction of sp³-hybridized carbons (Fsp3) is 0.429. The molecule has 0 spiro atoms. The van der Waals surface area contributed by atoms with Crippen LogP contribution in [0.2, 0.25) is 0 Å². The van der Waals surface area contributed by atoms with Gasteiger partial charge in [0.05, 0.1) is 13.7 Å². The summed E-state index contributed by atoms with van der Waals surface area (Å²) in [5, 5.41) is 13.7. The van der Waals surface area contributed by atoms with Crippen molar-refractivity contribution in [3.8, 4) is 28.1 Å². The third-order valence-corrected chi connectivity index (χ3v) is 6.86. The number of hydrogen-bond donors (Lipinski definition) is 1. The fourth-order valence-corrected chi connectivity index (χ4v) is 5.06. The van der Waals surface area contributed by atoms with Gasteiger partial charge in [-0.1, -0.05) is 37.3 Å². The van der Waals surface area contributed by atoms with Gasteiger partial charge in [-0.25, -0.2) is 9.18 Å². The first-order valence-corrected chi connectivity index (χ1v) is 12.3. The van der Waals surface area contributed by atoms with Crippen LogP contribution in [-0.4, -0.2) is 41.2 Å². The van der Waals surface area contributed by atoms with Crippen molar-refractivity contribution in [2.45, 2.75) is 45.6 Å². The summed E-state index contributed by atoms with van der Waals surface area (Å²) in [4.78, 5) is 10.7. The molecule has 0 unspecified atom stereocenters. The lowest BCUT2D eigenvalue weighted by Crippen LogP contribution is -2.23. The molecule has 7 heteroatoms. The van der Waals surface area contributed by atoms with Crippen molar-refractivity contribution in [3.63, 3.8) is 0 Å². The summed E-state index contributed by atoms with van der Waals surface area (Å²) in [6.07, 6.45) is 4.89. The zero-order valence-corrected chi connectivity index (χ0v) is 20.4.